The number of hydrogen-bond acceptors (Lipinski definition) is 4. The molecule has 0 aliphatic carbocycles. The Morgan fingerprint density at radius 2 is 2.06 bits per heavy atom. The van der Waals surface area contributed by atoms with Crippen molar-refractivity contribution >= 4 is 17.7 Å². The zero-order valence-corrected chi connectivity index (χ0v) is 9.38. The van der Waals surface area contributed by atoms with E-state index in [1.807, 2.05) is 0 Å². The van der Waals surface area contributed by atoms with Crippen molar-refractivity contribution in [3.8, 4) is 0 Å². The van der Waals surface area contributed by atoms with Crippen LogP contribution in [0.1, 0.15) is 13.3 Å². The smallest absolute Gasteiger partial charge is 0.319 e. The van der Waals surface area contributed by atoms with Crippen LogP contribution in [0.5, 0.6) is 0 Å². The number of anilines is 1. The van der Waals surface area contributed by atoms with E-state index in [9.17, 15) is 9.59 Å². The number of carboxylic acid groups (broad SMARTS) is 1. The summed E-state index contributed by atoms with van der Waals surface area (Å²) in [5, 5.41) is 13.6. The first-order valence-electron chi connectivity index (χ1n) is 5.09. The molecular weight excluding hydrogens is 224 g/mol. The van der Waals surface area contributed by atoms with Gasteiger partial charge in [-0.05, 0) is 5.92 Å². The van der Waals surface area contributed by atoms with E-state index in [4.69, 9.17) is 5.11 Å². The quantitative estimate of drug-likeness (QED) is 0.700. The van der Waals surface area contributed by atoms with Gasteiger partial charge in [0.1, 0.15) is 6.33 Å². The molecule has 0 fully saturated rings. The number of nitrogens with one attached hydrogen (secondary N) is 2. The first kappa shape index (κ1) is 12.9. The van der Waals surface area contributed by atoms with Gasteiger partial charge in [-0.1, -0.05) is 6.92 Å². The van der Waals surface area contributed by atoms with Crippen molar-refractivity contribution in [2.24, 2.45) is 5.92 Å². The summed E-state index contributed by atoms with van der Waals surface area (Å²) in [5.74, 6) is -0.999. The first-order chi connectivity index (χ1) is 8.08. The summed E-state index contributed by atoms with van der Waals surface area (Å²) in [6, 6.07) is -0.406. The molecule has 7 heteroatoms. The SMILES string of the molecule is CC(CNC(=O)Nc1cncnc1)CC(=O)O. The molecule has 0 radical (unpaired) electrons. The highest BCUT2D eigenvalue weighted by Gasteiger charge is 2.09. The van der Waals surface area contributed by atoms with Gasteiger partial charge < -0.3 is 15.7 Å². The third kappa shape index (κ3) is 5.45. The van der Waals surface area contributed by atoms with Gasteiger partial charge >= 0.3 is 12.0 Å². The fraction of sp³-hybridized carbons (Fsp3) is 0.400. The highest BCUT2D eigenvalue weighted by atomic mass is 16.4. The van der Waals surface area contributed by atoms with E-state index in [0.717, 1.165) is 0 Å². The van der Waals surface area contributed by atoms with E-state index in [-0.39, 0.29) is 12.3 Å². The topological polar surface area (TPSA) is 104 Å². The summed E-state index contributed by atoms with van der Waals surface area (Å²) in [7, 11) is 0. The summed E-state index contributed by atoms with van der Waals surface area (Å²) in [6.07, 6.45) is 4.31. The number of aromatic nitrogens is 2. The summed E-state index contributed by atoms with van der Waals surface area (Å²) in [6.45, 7) is 2.05. The lowest BCUT2D eigenvalue weighted by molar-refractivity contribution is -0.137. The number of amides is 2. The predicted octanol–water partition coefficient (Wildman–Crippen LogP) is 0.709. The summed E-state index contributed by atoms with van der Waals surface area (Å²) in [5.41, 5.74) is 0.482. The van der Waals surface area contributed by atoms with Crippen molar-refractivity contribution in [1.82, 2.24) is 15.3 Å². The molecular formula is C10H14N4O3. The maximum Gasteiger partial charge on any atom is 0.319 e. The summed E-state index contributed by atoms with van der Waals surface area (Å²) >= 11 is 0. The van der Waals surface area contributed by atoms with Crippen LogP contribution in [-0.4, -0.2) is 33.6 Å². The number of carbonyl (C=O) groups excluding carboxylic acids is 1. The third-order valence-electron chi connectivity index (χ3n) is 1.95. The molecule has 1 heterocycles. The molecule has 17 heavy (non-hydrogen) atoms. The second-order valence-electron chi connectivity index (χ2n) is 3.67. The number of carbonyl (C=O) groups is 2. The monoisotopic (exact) mass is 238 g/mol. The molecule has 2 amide bonds. The van der Waals surface area contributed by atoms with Gasteiger partial charge in [-0.15, -0.1) is 0 Å². The van der Waals surface area contributed by atoms with Gasteiger partial charge in [0, 0.05) is 13.0 Å². The van der Waals surface area contributed by atoms with Crippen LogP contribution < -0.4 is 10.6 Å². The zero-order valence-electron chi connectivity index (χ0n) is 9.38. The normalized spacial score (nSPS) is 11.6. The Bertz CT molecular complexity index is 382. The standard InChI is InChI=1S/C10H14N4O3/c1-7(2-9(15)16)3-13-10(17)14-8-4-11-6-12-5-8/h4-7H,2-3H2,1H3,(H,15,16)(H2,13,14,17). The molecule has 7 nitrogen and oxygen atoms in total. The Morgan fingerprint density at radius 1 is 1.41 bits per heavy atom. The lowest BCUT2D eigenvalue weighted by Crippen LogP contribution is -2.33. The largest absolute Gasteiger partial charge is 0.481 e. The van der Waals surface area contributed by atoms with Crippen LogP contribution in [0.25, 0.3) is 0 Å². The molecule has 3 N–H and O–H groups in total. The average Bonchev–Trinajstić information content (AvgIpc) is 2.27. The van der Waals surface area contributed by atoms with Crippen LogP contribution in [0, 0.1) is 5.92 Å². The lowest BCUT2D eigenvalue weighted by Gasteiger charge is -2.10. The van der Waals surface area contributed by atoms with E-state index in [2.05, 4.69) is 20.6 Å². The van der Waals surface area contributed by atoms with Crippen molar-refractivity contribution in [1.29, 1.82) is 0 Å². The molecule has 1 unspecified atom stereocenters. The minimum Gasteiger partial charge on any atom is -0.481 e. The van der Waals surface area contributed by atoms with Gasteiger partial charge in [0.15, 0.2) is 0 Å². The Balaban J connectivity index is 2.28. The molecule has 0 aromatic carbocycles. The van der Waals surface area contributed by atoms with Crippen LogP contribution in [0.3, 0.4) is 0 Å². The average molecular weight is 238 g/mol. The Kier molecular flexibility index (Phi) is 4.86. The lowest BCUT2D eigenvalue weighted by atomic mass is 10.1. The Labute approximate surface area is 98.3 Å². The second-order valence-corrected chi connectivity index (χ2v) is 3.67. The minimum atomic E-state index is -0.879. The van der Waals surface area contributed by atoms with E-state index in [1.165, 1.54) is 18.7 Å². The number of nitrogens with zero attached hydrogens (tertiary/aromatic N) is 2. The van der Waals surface area contributed by atoms with E-state index in [0.29, 0.717) is 12.2 Å². The molecule has 0 aliphatic rings. The minimum absolute atomic E-state index is 0.0225. The van der Waals surface area contributed by atoms with Crippen molar-refractivity contribution in [3.05, 3.63) is 18.7 Å². The fourth-order valence-corrected chi connectivity index (χ4v) is 1.18. The van der Waals surface area contributed by atoms with Gasteiger partial charge in [-0.2, -0.15) is 0 Å². The number of hydrogen-bond donors (Lipinski definition) is 3. The second kappa shape index (κ2) is 6.41. The zero-order chi connectivity index (χ0) is 12.7. The first-order valence-corrected chi connectivity index (χ1v) is 5.09. The highest BCUT2D eigenvalue weighted by molar-refractivity contribution is 5.88. The maximum atomic E-state index is 11.4. The van der Waals surface area contributed by atoms with Crippen molar-refractivity contribution in [3.63, 3.8) is 0 Å². The van der Waals surface area contributed by atoms with Crippen molar-refractivity contribution in [2.45, 2.75) is 13.3 Å². The summed E-state index contributed by atoms with van der Waals surface area (Å²) in [4.78, 5) is 29.3. The van der Waals surface area contributed by atoms with Gasteiger partial charge in [0.05, 0.1) is 18.1 Å². The number of aliphatic carboxylic acids is 1. The van der Waals surface area contributed by atoms with Crippen LogP contribution in [0.15, 0.2) is 18.7 Å². The van der Waals surface area contributed by atoms with Crippen LogP contribution in [0.2, 0.25) is 0 Å². The van der Waals surface area contributed by atoms with E-state index >= 15 is 0 Å². The number of urea groups is 1. The Morgan fingerprint density at radius 3 is 2.65 bits per heavy atom. The molecule has 1 aromatic rings. The van der Waals surface area contributed by atoms with E-state index < -0.39 is 12.0 Å². The third-order valence-corrected chi connectivity index (χ3v) is 1.95. The molecule has 0 saturated heterocycles. The molecule has 0 spiro atoms. The van der Waals surface area contributed by atoms with Crippen LogP contribution >= 0.6 is 0 Å². The van der Waals surface area contributed by atoms with Gasteiger partial charge in [0.2, 0.25) is 0 Å². The van der Waals surface area contributed by atoms with Gasteiger partial charge in [-0.3, -0.25) is 4.79 Å². The predicted molar refractivity (Wildman–Crippen MR) is 60.5 cm³/mol. The van der Waals surface area contributed by atoms with Crippen molar-refractivity contribution in [2.75, 3.05) is 11.9 Å². The molecule has 92 valence electrons. The van der Waals surface area contributed by atoms with Crippen LogP contribution in [-0.2, 0) is 4.79 Å². The highest BCUT2D eigenvalue weighted by Crippen LogP contribution is 2.01. The van der Waals surface area contributed by atoms with Gasteiger partial charge in [0.25, 0.3) is 0 Å². The molecule has 0 saturated carbocycles. The molecule has 1 aromatic heterocycles. The fourth-order valence-electron chi connectivity index (χ4n) is 1.18. The maximum absolute atomic E-state index is 11.4. The summed E-state index contributed by atoms with van der Waals surface area (Å²) < 4.78 is 0. The van der Waals surface area contributed by atoms with Crippen molar-refractivity contribution < 1.29 is 14.7 Å². The molecule has 0 bridgehead atoms. The molecule has 1 atom stereocenters. The number of rotatable bonds is 5. The molecule has 0 aliphatic heterocycles. The van der Waals surface area contributed by atoms with Crippen LogP contribution in [0.4, 0.5) is 10.5 Å². The Hall–Kier alpha value is -2.18. The van der Waals surface area contributed by atoms with Gasteiger partial charge in [-0.25, -0.2) is 14.8 Å². The molecule has 1 rings (SSSR count). The van der Waals surface area contributed by atoms with E-state index in [1.54, 1.807) is 6.92 Å². The number of carboxylic acids is 1.